The van der Waals surface area contributed by atoms with Crippen LogP contribution in [-0.4, -0.2) is 67.0 Å². The minimum atomic E-state index is -3.62. The molecule has 0 aromatic carbocycles. The Hall–Kier alpha value is -0.440. The van der Waals surface area contributed by atoms with Crippen molar-refractivity contribution in [2.45, 2.75) is 11.3 Å². The van der Waals surface area contributed by atoms with E-state index in [1.54, 1.807) is 0 Å². The van der Waals surface area contributed by atoms with Gasteiger partial charge in [0.2, 0.25) is 10.0 Å². The van der Waals surface area contributed by atoms with Gasteiger partial charge < -0.3 is 5.11 Å². The Kier molecular flexibility index (Phi) is 5.81. The van der Waals surface area contributed by atoms with Crippen molar-refractivity contribution in [3.05, 3.63) is 22.4 Å². The minimum absolute atomic E-state index is 0.0486. The number of nitrogens with zero attached hydrogens (tertiary/aromatic N) is 3. The quantitative estimate of drug-likeness (QED) is 0.819. The van der Waals surface area contributed by atoms with Gasteiger partial charge in [-0.3, -0.25) is 4.90 Å². The molecule has 0 saturated carbocycles. The molecule has 1 saturated heterocycles. The zero-order valence-electron chi connectivity index (χ0n) is 11.4. The molecular formula is C12H17Cl2N3O3S. The van der Waals surface area contributed by atoms with Gasteiger partial charge in [0.05, 0.1) is 11.6 Å². The van der Waals surface area contributed by atoms with E-state index in [-0.39, 0.29) is 21.7 Å². The monoisotopic (exact) mass is 353 g/mol. The van der Waals surface area contributed by atoms with Crippen LogP contribution in [0.5, 0.6) is 0 Å². The van der Waals surface area contributed by atoms with Crippen molar-refractivity contribution in [2.24, 2.45) is 0 Å². The summed E-state index contributed by atoms with van der Waals surface area (Å²) in [6, 6.07) is 1.32. The second-order valence-corrected chi connectivity index (χ2v) is 7.47. The standard InChI is InChI=1S/C12H17Cl2N3O3S/c13-11-8-10(9-15-12(11)14)21(19,20)17-3-1-2-16(4-5-17)6-7-18/h8-9,18H,1-7H2. The molecule has 118 valence electrons. The fourth-order valence-corrected chi connectivity index (χ4v) is 4.02. The average Bonchev–Trinajstić information content (AvgIpc) is 2.68. The topological polar surface area (TPSA) is 73.7 Å². The number of aliphatic hydroxyl groups is 1. The summed E-state index contributed by atoms with van der Waals surface area (Å²) in [5.41, 5.74) is 0. The predicted molar refractivity (Wildman–Crippen MR) is 81.2 cm³/mol. The first kappa shape index (κ1) is 16.9. The molecule has 1 aromatic rings. The molecule has 0 unspecified atom stereocenters. The van der Waals surface area contributed by atoms with Crippen molar-refractivity contribution in [2.75, 3.05) is 39.3 Å². The highest BCUT2D eigenvalue weighted by Gasteiger charge is 2.27. The number of sulfonamides is 1. The van der Waals surface area contributed by atoms with E-state index in [0.717, 1.165) is 6.54 Å². The number of pyridine rings is 1. The van der Waals surface area contributed by atoms with Gasteiger partial charge in [-0.2, -0.15) is 4.31 Å². The Labute approximate surface area is 134 Å². The van der Waals surface area contributed by atoms with Crippen molar-refractivity contribution >= 4 is 33.2 Å². The van der Waals surface area contributed by atoms with Crippen LogP contribution in [0.1, 0.15) is 6.42 Å². The Morgan fingerprint density at radius 1 is 1.24 bits per heavy atom. The summed E-state index contributed by atoms with van der Waals surface area (Å²) in [7, 11) is -3.62. The lowest BCUT2D eigenvalue weighted by Crippen LogP contribution is -2.36. The predicted octanol–water partition coefficient (Wildman–Crippen LogP) is 1.08. The van der Waals surface area contributed by atoms with Crippen molar-refractivity contribution in [3.63, 3.8) is 0 Å². The molecule has 6 nitrogen and oxygen atoms in total. The summed E-state index contributed by atoms with van der Waals surface area (Å²) in [4.78, 5) is 5.88. The summed E-state index contributed by atoms with van der Waals surface area (Å²) in [6.45, 7) is 2.81. The van der Waals surface area contributed by atoms with Crippen LogP contribution in [0.2, 0.25) is 10.2 Å². The second-order valence-electron chi connectivity index (χ2n) is 4.77. The molecule has 1 N–H and O–H groups in total. The zero-order chi connectivity index (χ0) is 15.5. The summed E-state index contributed by atoms with van der Waals surface area (Å²) in [5, 5.41) is 9.17. The SMILES string of the molecule is O=S(=O)(c1cnc(Cl)c(Cl)c1)N1CCCN(CCO)CC1. The highest BCUT2D eigenvalue weighted by molar-refractivity contribution is 7.89. The molecular weight excluding hydrogens is 337 g/mol. The zero-order valence-corrected chi connectivity index (χ0v) is 13.7. The largest absolute Gasteiger partial charge is 0.395 e. The van der Waals surface area contributed by atoms with Crippen LogP contribution >= 0.6 is 23.2 Å². The Bertz CT molecular complexity index is 597. The van der Waals surface area contributed by atoms with Crippen LogP contribution in [0.25, 0.3) is 0 Å². The molecule has 0 atom stereocenters. The van der Waals surface area contributed by atoms with Gasteiger partial charge in [-0.05, 0) is 19.0 Å². The van der Waals surface area contributed by atoms with Gasteiger partial charge in [0.25, 0.3) is 0 Å². The van der Waals surface area contributed by atoms with E-state index in [2.05, 4.69) is 4.98 Å². The third-order valence-corrected chi connectivity index (χ3v) is 5.92. The van der Waals surface area contributed by atoms with Crippen LogP contribution in [-0.2, 0) is 10.0 Å². The van der Waals surface area contributed by atoms with Gasteiger partial charge in [-0.15, -0.1) is 0 Å². The van der Waals surface area contributed by atoms with E-state index in [9.17, 15) is 8.42 Å². The maximum atomic E-state index is 12.6. The van der Waals surface area contributed by atoms with Crippen molar-refractivity contribution < 1.29 is 13.5 Å². The summed E-state index contributed by atoms with van der Waals surface area (Å²) >= 11 is 11.6. The average molecular weight is 354 g/mol. The molecule has 0 bridgehead atoms. The number of aliphatic hydroxyl groups excluding tert-OH is 1. The molecule has 21 heavy (non-hydrogen) atoms. The number of rotatable bonds is 4. The van der Waals surface area contributed by atoms with Crippen molar-refractivity contribution in [3.8, 4) is 0 Å². The molecule has 2 rings (SSSR count). The lowest BCUT2D eigenvalue weighted by atomic mass is 10.4. The highest BCUT2D eigenvalue weighted by atomic mass is 35.5. The summed E-state index contributed by atoms with van der Waals surface area (Å²) in [5.74, 6) is 0. The molecule has 9 heteroatoms. The van der Waals surface area contributed by atoms with Crippen molar-refractivity contribution in [1.82, 2.24) is 14.2 Å². The second kappa shape index (κ2) is 7.21. The molecule has 2 heterocycles. The minimum Gasteiger partial charge on any atom is -0.395 e. The molecule has 0 aliphatic carbocycles. The molecule has 0 amide bonds. The molecule has 1 fully saturated rings. The van der Waals surface area contributed by atoms with Crippen LogP contribution in [0.3, 0.4) is 0 Å². The van der Waals surface area contributed by atoms with Gasteiger partial charge in [0.15, 0.2) is 0 Å². The lowest BCUT2D eigenvalue weighted by Gasteiger charge is -2.21. The number of hydrogen-bond acceptors (Lipinski definition) is 5. The first-order chi connectivity index (χ1) is 9.95. The Morgan fingerprint density at radius 3 is 2.67 bits per heavy atom. The van der Waals surface area contributed by atoms with Crippen LogP contribution in [0.15, 0.2) is 17.2 Å². The van der Waals surface area contributed by atoms with Gasteiger partial charge in [0, 0.05) is 32.4 Å². The first-order valence-electron chi connectivity index (χ1n) is 6.59. The van der Waals surface area contributed by atoms with Crippen LogP contribution in [0.4, 0.5) is 0 Å². The Morgan fingerprint density at radius 2 is 2.00 bits per heavy atom. The number of halogens is 2. The highest BCUT2D eigenvalue weighted by Crippen LogP contribution is 2.24. The fraction of sp³-hybridized carbons (Fsp3) is 0.583. The summed E-state index contributed by atoms with van der Waals surface area (Å²) in [6.07, 6.45) is 1.94. The van der Waals surface area contributed by atoms with E-state index in [0.29, 0.717) is 32.6 Å². The number of aromatic nitrogens is 1. The van der Waals surface area contributed by atoms with Gasteiger partial charge in [-0.1, -0.05) is 23.2 Å². The van der Waals surface area contributed by atoms with E-state index in [1.165, 1.54) is 16.6 Å². The van der Waals surface area contributed by atoms with E-state index in [4.69, 9.17) is 28.3 Å². The van der Waals surface area contributed by atoms with E-state index < -0.39 is 10.0 Å². The van der Waals surface area contributed by atoms with E-state index >= 15 is 0 Å². The van der Waals surface area contributed by atoms with Crippen LogP contribution < -0.4 is 0 Å². The third kappa shape index (κ3) is 4.06. The van der Waals surface area contributed by atoms with Gasteiger partial charge >= 0.3 is 0 Å². The summed E-state index contributed by atoms with van der Waals surface area (Å²) < 4.78 is 26.6. The fourth-order valence-electron chi connectivity index (χ4n) is 2.25. The molecule has 1 aromatic heterocycles. The van der Waals surface area contributed by atoms with Gasteiger partial charge in [0.1, 0.15) is 10.0 Å². The number of hydrogen-bond donors (Lipinski definition) is 1. The molecule has 0 radical (unpaired) electrons. The maximum absolute atomic E-state index is 12.6. The third-order valence-electron chi connectivity index (χ3n) is 3.37. The smallest absolute Gasteiger partial charge is 0.244 e. The maximum Gasteiger partial charge on any atom is 0.244 e. The Balaban J connectivity index is 2.17. The van der Waals surface area contributed by atoms with Crippen molar-refractivity contribution in [1.29, 1.82) is 0 Å². The van der Waals surface area contributed by atoms with E-state index in [1.807, 2.05) is 4.90 Å². The first-order valence-corrected chi connectivity index (χ1v) is 8.79. The molecule has 1 aliphatic rings. The normalized spacial score (nSPS) is 18.6. The number of β-amino-alcohol motifs (C(OH)–C–C–N with tert-alkyl or cyclic N) is 1. The van der Waals surface area contributed by atoms with Crippen LogP contribution in [0, 0.1) is 0 Å². The molecule has 0 spiro atoms. The lowest BCUT2D eigenvalue weighted by molar-refractivity contribution is 0.202. The van der Waals surface area contributed by atoms with Gasteiger partial charge in [-0.25, -0.2) is 13.4 Å². The molecule has 1 aliphatic heterocycles.